The van der Waals surface area contributed by atoms with Crippen molar-refractivity contribution in [2.45, 2.75) is 34.1 Å². The van der Waals surface area contributed by atoms with Crippen molar-refractivity contribution in [3.05, 3.63) is 11.6 Å². The van der Waals surface area contributed by atoms with Crippen LogP contribution in [0.25, 0.3) is 0 Å². The minimum atomic E-state index is -0.193. The minimum Gasteiger partial charge on any atom is -0.450 e. The van der Waals surface area contributed by atoms with E-state index in [2.05, 4.69) is 13.0 Å². The molecular formula is C11H21NO2. The molecule has 0 saturated heterocycles. The van der Waals surface area contributed by atoms with E-state index < -0.39 is 0 Å². The van der Waals surface area contributed by atoms with E-state index in [0.29, 0.717) is 13.2 Å². The number of amides is 1. The summed E-state index contributed by atoms with van der Waals surface area (Å²) in [6.07, 6.45) is 2.85. The second-order valence-electron chi connectivity index (χ2n) is 2.95. The summed E-state index contributed by atoms with van der Waals surface area (Å²) in [5.41, 5.74) is 1.36. The van der Waals surface area contributed by atoms with Crippen molar-refractivity contribution in [3.63, 3.8) is 0 Å². The number of nitrogens with zero attached hydrogens (tertiary/aromatic N) is 1. The molecule has 0 aromatic heterocycles. The van der Waals surface area contributed by atoms with Gasteiger partial charge in [0.2, 0.25) is 0 Å². The quantitative estimate of drug-likeness (QED) is 0.608. The summed E-state index contributed by atoms with van der Waals surface area (Å²) < 4.78 is 4.87. The largest absolute Gasteiger partial charge is 0.450 e. The van der Waals surface area contributed by atoms with E-state index in [0.717, 1.165) is 13.0 Å². The lowest BCUT2D eigenvalue weighted by atomic mass is 10.1. The summed E-state index contributed by atoms with van der Waals surface area (Å²) in [5, 5.41) is 0. The highest BCUT2D eigenvalue weighted by molar-refractivity contribution is 5.68. The van der Waals surface area contributed by atoms with E-state index >= 15 is 0 Å². The highest BCUT2D eigenvalue weighted by atomic mass is 16.6. The molecule has 14 heavy (non-hydrogen) atoms. The number of carbonyl (C=O) groups is 1. The average Bonchev–Trinajstić information content (AvgIpc) is 2.22. The Hall–Kier alpha value is -0.990. The highest BCUT2D eigenvalue weighted by Crippen LogP contribution is 2.10. The van der Waals surface area contributed by atoms with Crippen LogP contribution < -0.4 is 0 Å². The van der Waals surface area contributed by atoms with Gasteiger partial charge in [-0.05, 0) is 20.3 Å². The van der Waals surface area contributed by atoms with Gasteiger partial charge >= 0.3 is 6.09 Å². The zero-order valence-electron chi connectivity index (χ0n) is 9.67. The van der Waals surface area contributed by atoms with E-state index in [4.69, 9.17) is 4.74 Å². The van der Waals surface area contributed by atoms with Crippen LogP contribution >= 0.6 is 0 Å². The lowest BCUT2D eigenvalue weighted by Crippen LogP contribution is -2.35. The van der Waals surface area contributed by atoms with Crippen LogP contribution in [-0.4, -0.2) is 30.7 Å². The zero-order chi connectivity index (χ0) is 11.0. The Morgan fingerprint density at radius 2 is 2.21 bits per heavy atom. The van der Waals surface area contributed by atoms with Crippen molar-refractivity contribution < 1.29 is 9.53 Å². The Morgan fingerprint density at radius 3 is 2.64 bits per heavy atom. The summed E-state index contributed by atoms with van der Waals surface area (Å²) in [6, 6.07) is 0. The fourth-order valence-corrected chi connectivity index (χ4v) is 1.15. The smallest absolute Gasteiger partial charge is 0.410 e. The molecule has 0 bridgehead atoms. The second-order valence-corrected chi connectivity index (χ2v) is 2.95. The van der Waals surface area contributed by atoms with Crippen LogP contribution in [0.4, 0.5) is 4.79 Å². The van der Waals surface area contributed by atoms with Crippen LogP contribution in [0, 0.1) is 0 Å². The molecule has 0 atom stereocenters. The summed E-state index contributed by atoms with van der Waals surface area (Å²) in [6.45, 7) is 9.86. The summed E-state index contributed by atoms with van der Waals surface area (Å²) >= 11 is 0. The van der Waals surface area contributed by atoms with Gasteiger partial charge in [0.25, 0.3) is 0 Å². The topological polar surface area (TPSA) is 29.5 Å². The molecular weight excluding hydrogens is 178 g/mol. The molecule has 0 spiro atoms. The van der Waals surface area contributed by atoms with Crippen LogP contribution in [-0.2, 0) is 4.74 Å². The molecule has 1 amide bonds. The molecule has 0 aromatic rings. The van der Waals surface area contributed by atoms with E-state index in [1.165, 1.54) is 5.57 Å². The molecule has 0 unspecified atom stereocenters. The Morgan fingerprint density at radius 1 is 1.57 bits per heavy atom. The van der Waals surface area contributed by atoms with Gasteiger partial charge in [-0.1, -0.05) is 25.5 Å². The van der Waals surface area contributed by atoms with Crippen molar-refractivity contribution in [3.8, 4) is 0 Å². The van der Waals surface area contributed by atoms with E-state index in [-0.39, 0.29) is 6.09 Å². The lowest BCUT2D eigenvalue weighted by molar-refractivity contribution is 0.110. The number of hydrogen-bond donors (Lipinski definition) is 0. The van der Waals surface area contributed by atoms with Gasteiger partial charge in [0, 0.05) is 13.1 Å². The number of carbonyl (C=O) groups excluding carboxylic acids is 1. The third kappa shape index (κ3) is 4.30. The molecule has 3 heteroatoms. The highest BCUT2D eigenvalue weighted by Gasteiger charge is 2.15. The van der Waals surface area contributed by atoms with Crippen LogP contribution in [0.5, 0.6) is 0 Å². The molecule has 1 rings (SSSR count). The van der Waals surface area contributed by atoms with Crippen LogP contribution in [0.15, 0.2) is 11.6 Å². The molecule has 1 aliphatic heterocycles. The predicted octanol–water partition coefficient (Wildman–Crippen LogP) is 2.82. The molecule has 0 aromatic carbocycles. The SMILES string of the molecule is CC.CCOC(=O)N1CC=C(C)CC1. The summed E-state index contributed by atoms with van der Waals surface area (Å²) in [7, 11) is 0. The Balaban J connectivity index is 0.000000791. The minimum absolute atomic E-state index is 0.193. The molecule has 1 aliphatic rings. The Labute approximate surface area is 86.7 Å². The summed E-state index contributed by atoms with van der Waals surface area (Å²) in [5.74, 6) is 0. The number of rotatable bonds is 1. The van der Waals surface area contributed by atoms with Crippen molar-refractivity contribution in [1.29, 1.82) is 0 Å². The molecule has 0 radical (unpaired) electrons. The predicted molar refractivity (Wildman–Crippen MR) is 58.3 cm³/mol. The molecule has 0 fully saturated rings. The fraction of sp³-hybridized carbons (Fsp3) is 0.727. The monoisotopic (exact) mass is 199 g/mol. The first-order valence-electron chi connectivity index (χ1n) is 5.31. The third-order valence-electron chi connectivity index (χ3n) is 1.96. The Kier molecular flexibility index (Phi) is 6.89. The van der Waals surface area contributed by atoms with Gasteiger partial charge in [-0.2, -0.15) is 0 Å². The van der Waals surface area contributed by atoms with Crippen molar-refractivity contribution in [2.24, 2.45) is 0 Å². The standard InChI is InChI=1S/C9H15NO2.C2H6/c1-3-12-9(11)10-6-4-8(2)5-7-10;1-2/h4H,3,5-7H2,1-2H3;1-2H3. The number of ether oxygens (including phenoxy) is 1. The van der Waals surface area contributed by atoms with Gasteiger partial charge in [0.05, 0.1) is 6.61 Å². The molecule has 82 valence electrons. The average molecular weight is 199 g/mol. The fourth-order valence-electron chi connectivity index (χ4n) is 1.15. The van der Waals surface area contributed by atoms with Gasteiger partial charge in [0.15, 0.2) is 0 Å². The first-order valence-corrected chi connectivity index (χ1v) is 5.31. The maximum Gasteiger partial charge on any atom is 0.410 e. The van der Waals surface area contributed by atoms with Crippen molar-refractivity contribution >= 4 is 6.09 Å². The second kappa shape index (κ2) is 7.42. The Bertz CT molecular complexity index is 199. The zero-order valence-corrected chi connectivity index (χ0v) is 9.67. The molecule has 3 nitrogen and oxygen atoms in total. The maximum absolute atomic E-state index is 11.2. The van der Waals surface area contributed by atoms with Crippen LogP contribution in [0.3, 0.4) is 0 Å². The first-order chi connectivity index (χ1) is 6.74. The van der Waals surface area contributed by atoms with Gasteiger partial charge in [-0.15, -0.1) is 0 Å². The van der Waals surface area contributed by atoms with Gasteiger partial charge in [0.1, 0.15) is 0 Å². The lowest BCUT2D eigenvalue weighted by Gasteiger charge is -2.24. The maximum atomic E-state index is 11.2. The molecule has 0 N–H and O–H groups in total. The van der Waals surface area contributed by atoms with Crippen LogP contribution in [0.2, 0.25) is 0 Å². The first kappa shape index (κ1) is 13.0. The normalized spacial score (nSPS) is 15.1. The molecule has 1 heterocycles. The van der Waals surface area contributed by atoms with E-state index in [1.807, 2.05) is 20.8 Å². The van der Waals surface area contributed by atoms with Crippen LogP contribution in [0.1, 0.15) is 34.1 Å². The van der Waals surface area contributed by atoms with Gasteiger partial charge < -0.3 is 9.64 Å². The molecule has 0 saturated carbocycles. The van der Waals surface area contributed by atoms with E-state index in [1.54, 1.807) is 4.90 Å². The van der Waals surface area contributed by atoms with E-state index in [9.17, 15) is 4.79 Å². The van der Waals surface area contributed by atoms with Gasteiger partial charge in [-0.25, -0.2) is 4.79 Å². The van der Waals surface area contributed by atoms with Gasteiger partial charge in [-0.3, -0.25) is 0 Å². The van der Waals surface area contributed by atoms with Crippen molar-refractivity contribution in [2.75, 3.05) is 19.7 Å². The summed E-state index contributed by atoms with van der Waals surface area (Å²) in [4.78, 5) is 12.9. The van der Waals surface area contributed by atoms with Crippen molar-refractivity contribution in [1.82, 2.24) is 4.90 Å². The third-order valence-corrected chi connectivity index (χ3v) is 1.96. The molecule has 0 aliphatic carbocycles. The number of hydrogen-bond acceptors (Lipinski definition) is 2.